The van der Waals surface area contributed by atoms with Gasteiger partial charge < -0.3 is 4.90 Å². The highest BCUT2D eigenvalue weighted by Gasteiger charge is 2.18. The average Bonchev–Trinajstić information content (AvgIpc) is 2.14. The van der Waals surface area contributed by atoms with E-state index in [4.69, 9.17) is 0 Å². The van der Waals surface area contributed by atoms with Crippen LogP contribution >= 0.6 is 0 Å². The van der Waals surface area contributed by atoms with Gasteiger partial charge in [-0.25, -0.2) is 0 Å². The van der Waals surface area contributed by atoms with Crippen molar-refractivity contribution in [2.24, 2.45) is 0 Å². The Morgan fingerprint density at radius 2 is 2.21 bits per heavy atom. The van der Waals surface area contributed by atoms with E-state index in [1.807, 2.05) is 0 Å². The summed E-state index contributed by atoms with van der Waals surface area (Å²) in [5.74, 6) is 0.387. The number of unbranched alkanes of at least 4 members (excludes halogenated alkanes) is 1. The molecule has 0 spiro atoms. The van der Waals surface area contributed by atoms with Crippen LogP contribution in [0.25, 0.3) is 0 Å². The molecule has 0 unspecified atom stereocenters. The van der Waals surface area contributed by atoms with E-state index in [1.54, 1.807) is 0 Å². The van der Waals surface area contributed by atoms with E-state index < -0.39 is 0 Å². The Morgan fingerprint density at radius 3 is 2.79 bits per heavy atom. The van der Waals surface area contributed by atoms with Gasteiger partial charge in [0.25, 0.3) is 0 Å². The minimum atomic E-state index is 0.387. The van der Waals surface area contributed by atoms with Crippen molar-refractivity contribution in [2.75, 3.05) is 20.1 Å². The van der Waals surface area contributed by atoms with Crippen molar-refractivity contribution in [1.29, 1.82) is 0 Å². The molecule has 0 aliphatic carbocycles. The summed E-state index contributed by atoms with van der Waals surface area (Å²) in [6.45, 7) is 6.22. The number of hydrogen-bond donors (Lipinski definition) is 0. The van der Waals surface area contributed by atoms with Crippen molar-refractivity contribution in [3.8, 4) is 0 Å². The largest absolute Gasteiger partial charge is 0.302 e. The minimum Gasteiger partial charge on any atom is -0.302 e. The van der Waals surface area contributed by atoms with Gasteiger partial charge in [-0.3, -0.25) is 4.79 Å². The van der Waals surface area contributed by atoms with Crippen LogP contribution < -0.4 is 0 Å². The van der Waals surface area contributed by atoms with Crippen LogP contribution in [0.5, 0.6) is 0 Å². The zero-order valence-corrected chi connectivity index (χ0v) is 9.60. The fourth-order valence-electron chi connectivity index (χ4n) is 1.96. The van der Waals surface area contributed by atoms with Gasteiger partial charge in [-0.1, -0.05) is 18.9 Å². The van der Waals surface area contributed by atoms with Crippen molar-refractivity contribution in [3.05, 3.63) is 11.1 Å². The van der Waals surface area contributed by atoms with Gasteiger partial charge in [0.05, 0.1) is 0 Å². The van der Waals surface area contributed by atoms with Crippen LogP contribution in [0.1, 0.15) is 39.5 Å². The molecule has 0 fully saturated rings. The first-order chi connectivity index (χ1) is 6.65. The number of likely N-dealkylation sites (N-methyl/N-ethyl adjacent to an activating group) is 1. The molecule has 0 bridgehead atoms. The van der Waals surface area contributed by atoms with Crippen LogP contribution in [0, 0.1) is 0 Å². The molecule has 1 rings (SSSR count). The second kappa shape index (κ2) is 5.30. The van der Waals surface area contributed by atoms with Crippen LogP contribution in [0.2, 0.25) is 0 Å². The summed E-state index contributed by atoms with van der Waals surface area (Å²) < 4.78 is 0. The third-order valence-corrected chi connectivity index (χ3v) is 2.86. The molecule has 0 radical (unpaired) electrons. The van der Waals surface area contributed by atoms with Gasteiger partial charge in [-0.2, -0.15) is 0 Å². The van der Waals surface area contributed by atoms with Gasteiger partial charge in [0, 0.05) is 19.5 Å². The summed E-state index contributed by atoms with van der Waals surface area (Å²) >= 11 is 0. The lowest BCUT2D eigenvalue weighted by molar-refractivity contribution is -0.116. The van der Waals surface area contributed by atoms with E-state index in [0.717, 1.165) is 44.3 Å². The van der Waals surface area contributed by atoms with E-state index in [0.29, 0.717) is 5.78 Å². The highest BCUT2D eigenvalue weighted by atomic mass is 16.1. The van der Waals surface area contributed by atoms with E-state index in [9.17, 15) is 4.79 Å². The third-order valence-electron chi connectivity index (χ3n) is 2.86. The predicted octanol–water partition coefficient (Wildman–Crippen LogP) is 2.40. The van der Waals surface area contributed by atoms with Crippen molar-refractivity contribution < 1.29 is 4.79 Å². The first kappa shape index (κ1) is 11.4. The van der Waals surface area contributed by atoms with Gasteiger partial charge in [0.15, 0.2) is 5.78 Å². The molecule has 80 valence electrons. The number of carbonyl (C=O) groups is 1. The normalized spacial score (nSPS) is 18.8. The number of hydrogen-bond acceptors (Lipinski definition) is 2. The first-order valence-corrected chi connectivity index (χ1v) is 5.55. The topological polar surface area (TPSA) is 20.3 Å². The van der Waals surface area contributed by atoms with E-state index >= 15 is 0 Å². The van der Waals surface area contributed by atoms with Crippen LogP contribution in [0.4, 0.5) is 0 Å². The van der Waals surface area contributed by atoms with E-state index in [2.05, 4.69) is 25.8 Å². The second-order valence-electron chi connectivity index (χ2n) is 4.27. The van der Waals surface area contributed by atoms with Gasteiger partial charge >= 0.3 is 0 Å². The molecule has 0 amide bonds. The fraction of sp³-hybridized carbons (Fsp3) is 0.750. The van der Waals surface area contributed by atoms with Gasteiger partial charge in [0.1, 0.15) is 0 Å². The Hall–Kier alpha value is -0.630. The molecular formula is C12H21NO. The van der Waals surface area contributed by atoms with Crippen molar-refractivity contribution >= 4 is 5.78 Å². The summed E-state index contributed by atoms with van der Waals surface area (Å²) in [6.07, 6.45) is 3.83. The highest BCUT2D eigenvalue weighted by Crippen LogP contribution is 2.19. The summed E-state index contributed by atoms with van der Waals surface area (Å²) in [5, 5.41) is 0. The Bertz CT molecular complexity index is 243. The van der Waals surface area contributed by atoms with Crippen LogP contribution in [-0.2, 0) is 4.79 Å². The molecule has 1 heterocycles. The van der Waals surface area contributed by atoms with Gasteiger partial charge in [-0.15, -0.1) is 0 Å². The zero-order valence-electron chi connectivity index (χ0n) is 9.60. The lowest BCUT2D eigenvalue weighted by atomic mass is 9.95. The van der Waals surface area contributed by atoms with Crippen molar-refractivity contribution in [3.63, 3.8) is 0 Å². The van der Waals surface area contributed by atoms with Gasteiger partial charge in [0.2, 0.25) is 0 Å². The molecule has 2 nitrogen and oxygen atoms in total. The average molecular weight is 195 g/mol. The van der Waals surface area contributed by atoms with Crippen molar-refractivity contribution in [1.82, 2.24) is 4.90 Å². The van der Waals surface area contributed by atoms with Crippen LogP contribution in [-0.4, -0.2) is 30.8 Å². The number of rotatable bonds is 4. The number of Topliss-reactive ketones (excluding diaryl/α,β-unsaturated/α-hetero) is 1. The molecule has 2 heteroatoms. The lowest BCUT2D eigenvalue weighted by Gasteiger charge is -2.25. The molecule has 0 N–H and O–H groups in total. The maximum Gasteiger partial charge on any atom is 0.158 e. The number of carbonyl (C=O) groups excluding carboxylic acids is 1. The van der Waals surface area contributed by atoms with Gasteiger partial charge in [-0.05, 0) is 32.4 Å². The zero-order chi connectivity index (χ0) is 10.6. The number of ketones is 1. The fourth-order valence-corrected chi connectivity index (χ4v) is 1.96. The van der Waals surface area contributed by atoms with E-state index in [-0.39, 0.29) is 0 Å². The van der Waals surface area contributed by atoms with E-state index in [1.165, 1.54) is 5.57 Å². The Kier molecular flexibility index (Phi) is 4.33. The molecule has 0 saturated carbocycles. The monoisotopic (exact) mass is 195 g/mol. The SMILES string of the molecule is CCCCC(=O)C1=C(C)CN(C)CC1. The Labute approximate surface area is 87.0 Å². The molecular weight excluding hydrogens is 174 g/mol. The summed E-state index contributed by atoms with van der Waals surface area (Å²) in [6, 6.07) is 0. The molecule has 0 saturated heterocycles. The summed E-state index contributed by atoms with van der Waals surface area (Å²) in [5.41, 5.74) is 2.39. The first-order valence-electron chi connectivity index (χ1n) is 5.55. The highest BCUT2D eigenvalue weighted by molar-refractivity contribution is 5.96. The number of nitrogens with zero attached hydrogens (tertiary/aromatic N) is 1. The maximum absolute atomic E-state index is 11.8. The molecule has 0 aromatic heterocycles. The quantitative estimate of drug-likeness (QED) is 0.686. The molecule has 14 heavy (non-hydrogen) atoms. The lowest BCUT2D eigenvalue weighted by Crippen LogP contribution is -2.29. The maximum atomic E-state index is 11.8. The summed E-state index contributed by atoms with van der Waals surface area (Å²) in [7, 11) is 2.11. The Morgan fingerprint density at radius 1 is 1.50 bits per heavy atom. The molecule has 1 aliphatic rings. The van der Waals surface area contributed by atoms with Crippen LogP contribution in [0.15, 0.2) is 11.1 Å². The molecule has 0 aromatic rings. The molecule has 1 aliphatic heterocycles. The van der Waals surface area contributed by atoms with Crippen LogP contribution in [0.3, 0.4) is 0 Å². The summed E-state index contributed by atoms with van der Waals surface area (Å²) in [4.78, 5) is 14.1. The minimum absolute atomic E-state index is 0.387. The molecule has 0 aromatic carbocycles. The predicted molar refractivity (Wildman–Crippen MR) is 59.3 cm³/mol. The molecule has 0 atom stereocenters. The third kappa shape index (κ3) is 2.95. The smallest absolute Gasteiger partial charge is 0.158 e. The van der Waals surface area contributed by atoms with Crippen molar-refractivity contribution in [2.45, 2.75) is 39.5 Å². The Balaban J connectivity index is 2.58. The standard InChI is InChI=1S/C12H21NO/c1-4-5-6-12(14)11-7-8-13(3)9-10(11)2/h4-9H2,1-3H3. The second-order valence-corrected chi connectivity index (χ2v) is 4.27.